The van der Waals surface area contributed by atoms with Gasteiger partial charge in [-0.15, -0.1) is 0 Å². The van der Waals surface area contributed by atoms with Crippen LogP contribution >= 0.6 is 0 Å². The van der Waals surface area contributed by atoms with Crippen LogP contribution in [0.25, 0.3) is 0 Å². The largest absolute Gasteiger partial charge is 0.356 e. The Balaban J connectivity index is 2.55. The summed E-state index contributed by atoms with van der Waals surface area (Å²) in [6, 6.07) is 0. The van der Waals surface area contributed by atoms with Gasteiger partial charge in [-0.2, -0.15) is 0 Å². The topological polar surface area (TPSA) is 18.5 Å². The molecular weight excluding hydrogens is 152 g/mol. The van der Waals surface area contributed by atoms with Crippen molar-refractivity contribution in [3.8, 4) is 0 Å². The van der Waals surface area contributed by atoms with Crippen molar-refractivity contribution in [2.75, 3.05) is 7.11 Å². The summed E-state index contributed by atoms with van der Waals surface area (Å²) in [5.74, 6) is 0.537. The Labute approximate surface area is 75.2 Å². The normalized spacial score (nSPS) is 43.0. The van der Waals surface area contributed by atoms with Crippen LogP contribution in [0.2, 0.25) is 0 Å². The highest BCUT2D eigenvalue weighted by Gasteiger charge is 2.35. The van der Waals surface area contributed by atoms with Gasteiger partial charge in [-0.25, -0.2) is 0 Å². The molecule has 0 aromatic rings. The van der Waals surface area contributed by atoms with Gasteiger partial charge in [-0.1, -0.05) is 13.8 Å². The summed E-state index contributed by atoms with van der Waals surface area (Å²) in [7, 11) is 1.72. The third kappa shape index (κ3) is 1.99. The standard InChI is InChI=1S/C10H20O2/c1-5-10(3)7-6-8(2)9(11-4)12-10/h8-9H,5-7H2,1-4H3/t8-,9-,10-/m1/s1. The van der Waals surface area contributed by atoms with Crippen LogP contribution in [-0.4, -0.2) is 19.0 Å². The van der Waals surface area contributed by atoms with E-state index in [0.717, 1.165) is 12.8 Å². The van der Waals surface area contributed by atoms with Crippen molar-refractivity contribution in [1.29, 1.82) is 0 Å². The molecule has 0 aromatic heterocycles. The Hall–Kier alpha value is -0.0800. The van der Waals surface area contributed by atoms with Crippen molar-refractivity contribution >= 4 is 0 Å². The Kier molecular flexibility index (Phi) is 3.13. The van der Waals surface area contributed by atoms with Crippen LogP contribution in [0.1, 0.15) is 40.0 Å². The molecule has 72 valence electrons. The van der Waals surface area contributed by atoms with Crippen LogP contribution in [0.4, 0.5) is 0 Å². The monoisotopic (exact) mass is 172 g/mol. The highest BCUT2D eigenvalue weighted by molar-refractivity contribution is 4.80. The molecule has 1 aliphatic heterocycles. The fourth-order valence-corrected chi connectivity index (χ4v) is 1.67. The molecule has 12 heavy (non-hydrogen) atoms. The van der Waals surface area contributed by atoms with E-state index in [9.17, 15) is 0 Å². The lowest BCUT2D eigenvalue weighted by atomic mass is 9.88. The molecule has 2 heteroatoms. The molecule has 0 bridgehead atoms. The van der Waals surface area contributed by atoms with Crippen LogP contribution in [0.15, 0.2) is 0 Å². The fraction of sp³-hybridized carbons (Fsp3) is 1.00. The van der Waals surface area contributed by atoms with Gasteiger partial charge < -0.3 is 9.47 Å². The SMILES string of the molecule is CC[C@]1(C)CC[C@@H](C)[C@H](OC)O1. The van der Waals surface area contributed by atoms with Crippen LogP contribution in [-0.2, 0) is 9.47 Å². The lowest BCUT2D eigenvalue weighted by Crippen LogP contribution is -2.42. The van der Waals surface area contributed by atoms with E-state index in [1.807, 2.05) is 0 Å². The molecule has 0 radical (unpaired) electrons. The van der Waals surface area contributed by atoms with E-state index in [-0.39, 0.29) is 11.9 Å². The van der Waals surface area contributed by atoms with Gasteiger partial charge in [0, 0.05) is 13.0 Å². The minimum absolute atomic E-state index is 0.00343. The van der Waals surface area contributed by atoms with Crippen molar-refractivity contribution < 1.29 is 9.47 Å². The van der Waals surface area contributed by atoms with Gasteiger partial charge in [0.15, 0.2) is 6.29 Å². The summed E-state index contributed by atoms with van der Waals surface area (Å²) >= 11 is 0. The van der Waals surface area contributed by atoms with E-state index in [1.54, 1.807) is 7.11 Å². The Morgan fingerprint density at radius 2 is 2.25 bits per heavy atom. The molecule has 1 rings (SSSR count). The molecule has 0 aromatic carbocycles. The quantitative estimate of drug-likeness (QED) is 0.637. The fourth-order valence-electron chi connectivity index (χ4n) is 1.67. The lowest BCUT2D eigenvalue weighted by Gasteiger charge is -2.40. The van der Waals surface area contributed by atoms with E-state index in [1.165, 1.54) is 6.42 Å². The maximum Gasteiger partial charge on any atom is 0.160 e. The smallest absolute Gasteiger partial charge is 0.160 e. The van der Waals surface area contributed by atoms with Gasteiger partial charge in [-0.3, -0.25) is 0 Å². The van der Waals surface area contributed by atoms with Gasteiger partial charge >= 0.3 is 0 Å². The summed E-state index contributed by atoms with van der Waals surface area (Å²) in [6.45, 7) is 6.52. The molecule has 0 N–H and O–H groups in total. The van der Waals surface area contributed by atoms with Crippen molar-refractivity contribution in [2.24, 2.45) is 5.92 Å². The Bertz CT molecular complexity index is 147. The van der Waals surface area contributed by atoms with Crippen molar-refractivity contribution in [3.63, 3.8) is 0 Å². The Morgan fingerprint density at radius 1 is 1.58 bits per heavy atom. The van der Waals surface area contributed by atoms with Gasteiger partial charge in [0.1, 0.15) is 0 Å². The first-order valence-electron chi connectivity index (χ1n) is 4.82. The molecular formula is C10H20O2. The molecule has 1 aliphatic rings. The molecule has 3 atom stereocenters. The molecule has 0 saturated carbocycles. The van der Waals surface area contributed by atoms with E-state index in [0.29, 0.717) is 5.92 Å². The summed E-state index contributed by atoms with van der Waals surface area (Å²) in [6.07, 6.45) is 3.44. The molecule has 1 fully saturated rings. The zero-order valence-electron chi connectivity index (χ0n) is 8.59. The first-order valence-corrected chi connectivity index (χ1v) is 4.82. The van der Waals surface area contributed by atoms with Gasteiger partial charge in [0.25, 0.3) is 0 Å². The number of rotatable bonds is 2. The van der Waals surface area contributed by atoms with Crippen LogP contribution in [0.3, 0.4) is 0 Å². The second-order valence-electron chi connectivity index (χ2n) is 4.04. The van der Waals surface area contributed by atoms with E-state index in [4.69, 9.17) is 9.47 Å². The second-order valence-corrected chi connectivity index (χ2v) is 4.04. The van der Waals surface area contributed by atoms with Crippen molar-refractivity contribution in [3.05, 3.63) is 0 Å². The minimum atomic E-state index is 0.00343. The van der Waals surface area contributed by atoms with Crippen molar-refractivity contribution in [1.82, 2.24) is 0 Å². The van der Waals surface area contributed by atoms with Crippen LogP contribution < -0.4 is 0 Å². The predicted octanol–water partition coefficient (Wildman–Crippen LogP) is 2.57. The highest BCUT2D eigenvalue weighted by atomic mass is 16.7. The summed E-state index contributed by atoms with van der Waals surface area (Å²) in [5.41, 5.74) is 0.0488. The zero-order valence-corrected chi connectivity index (χ0v) is 8.59. The average Bonchev–Trinajstić information content (AvgIpc) is 2.10. The summed E-state index contributed by atoms with van der Waals surface area (Å²) in [5, 5.41) is 0. The first-order chi connectivity index (χ1) is 5.61. The first kappa shape index (κ1) is 10.0. The molecule has 0 amide bonds. The molecule has 0 unspecified atom stereocenters. The number of hydrogen-bond donors (Lipinski definition) is 0. The summed E-state index contributed by atoms with van der Waals surface area (Å²) < 4.78 is 11.1. The predicted molar refractivity (Wildman–Crippen MR) is 49.0 cm³/mol. The Morgan fingerprint density at radius 3 is 2.75 bits per heavy atom. The average molecular weight is 172 g/mol. The number of ether oxygens (including phenoxy) is 2. The maximum absolute atomic E-state index is 5.86. The van der Waals surface area contributed by atoms with E-state index >= 15 is 0 Å². The second kappa shape index (κ2) is 3.75. The molecule has 1 heterocycles. The molecule has 2 nitrogen and oxygen atoms in total. The van der Waals surface area contributed by atoms with Crippen LogP contribution in [0.5, 0.6) is 0 Å². The minimum Gasteiger partial charge on any atom is -0.356 e. The zero-order chi connectivity index (χ0) is 9.19. The number of methoxy groups -OCH3 is 1. The molecule has 1 saturated heterocycles. The molecule has 0 aliphatic carbocycles. The van der Waals surface area contributed by atoms with Crippen LogP contribution in [0, 0.1) is 5.92 Å². The van der Waals surface area contributed by atoms with Gasteiger partial charge in [-0.05, 0) is 26.2 Å². The van der Waals surface area contributed by atoms with Gasteiger partial charge in [0.05, 0.1) is 5.60 Å². The lowest BCUT2D eigenvalue weighted by molar-refractivity contribution is -0.243. The third-order valence-corrected chi connectivity index (χ3v) is 2.97. The summed E-state index contributed by atoms with van der Waals surface area (Å²) in [4.78, 5) is 0. The van der Waals surface area contributed by atoms with E-state index in [2.05, 4.69) is 20.8 Å². The van der Waals surface area contributed by atoms with E-state index < -0.39 is 0 Å². The van der Waals surface area contributed by atoms with Crippen molar-refractivity contribution in [2.45, 2.75) is 51.9 Å². The third-order valence-electron chi connectivity index (χ3n) is 2.97. The molecule has 0 spiro atoms. The maximum atomic E-state index is 5.86. The highest BCUT2D eigenvalue weighted by Crippen LogP contribution is 2.34. The number of hydrogen-bond acceptors (Lipinski definition) is 2. The van der Waals surface area contributed by atoms with Gasteiger partial charge in [0.2, 0.25) is 0 Å².